The van der Waals surface area contributed by atoms with Gasteiger partial charge in [-0.3, -0.25) is 4.79 Å². The predicted molar refractivity (Wildman–Crippen MR) is 65.5 cm³/mol. The summed E-state index contributed by atoms with van der Waals surface area (Å²) in [5.74, 6) is -0.579. The summed E-state index contributed by atoms with van der Waals surface area (Å²) >= 11 is 1.59. The van der Waals surface area contributed by atoms with Gasteiger partial charge in [-0.05, 0) is 23.4 Å². The van der Waals surface area contributed by atoms with Crippen molar-refractivity contribution < 1.29 is 19.4 Å². The highest BCUT2D eigenvalue weighted by Gasteiger charge is 2.14. The number of carboxylic acids is 1. The number of esters is 1. The van der Waals surface area contributed by atoms with Crippen molar-refractivity contribution in [2.75, 3.05) is 12.9 Å². The van der Waals surface area contributed by atoms with Crippen molar-refractivity contribution in [2.24, 2.45) is 0 Å². The van der Waals surface area contributed by atoms with Crippen molar-refractivity contribution in [1.29, 1.82) is 0 Å². The molecule has 0 radical (unpaired) electrons. The second kappa shape index (κ2) is 6.30. The van der Waals surface area contributed by atoms with E-state index < -0.39 is 11.9 Å². The fourth-order valence-corrected chi connectivity index (χ4v) is 2.13. The third-order valence-corrected chi connectivity index (χ3v) is 3.02. The van der Waals surface area contributed by atoms with Crippen molar-refractivity contribution in [2.45, 2.75) is 18.2 Å². The molecule has 17 heavy (non-hydrogen) atoms. The summed E-state index contributed by atoms with van der Waals surface area (Å²) in [5.41, 5.74) is 0.804. The van der Waals surface area contributed by atoms with Crippen LogP contribution in [0, 0.1) is 0 Å². The van der Waals surface area contributed by atoms with Crippen molar-refractivity contribution in [3.8, 4) is 0 Å². The van der Waals surface area contributed by atoms with E-state index >= 15 is 0 Å². The summed E-state index contributed by atoms with van der Waals surface area (Å²) in [7, 11) is 1.28. The van der Waals surface area contributed by atoms with E-state index in [0.717, 1.165) is 10.6 Å². The predicted octanol–water partition coefficient (Wildman–Crippen LogP) is 2.21. The number of carbonyl (C=O) groups is 2. The van der Waals surface area contributed by atoms with Gasteiger partial charge in [-0.25, -0.2) is 4.79 Å². The van der Waals surface area contributed by atoms with Crippen LogP contribution in [0.25, 0.3) is 0 Å². The van der Waals surface area contributed by atoms with E-state index in [1.165, 1.54) is 7.11 Å². The highest BCUT2D eigenvalue weighted by Crippen LogP contribution is 2.22. The highest BCUT2D eigenvalue weighted by molar-refractivity contribution is 7.99. The number of hydrogen-bond donors (Lipinski definition) is 1. The van der Waals surface area contributed by atoms with Crippen LogP contribution < -0.4 is 0 Å². The molecule has 1 aromatic carbocycles. The molecule has 0 bridgehead atoms. The SMILES string of the molecule is CCSc1ccc(CC(=O)O)c(C(=O)OC)c1. The van der Waals surface area contributed by atoms with E-state index in [1.807, 2.05) is 13.0 Å². The monoisotopic (exact) mass is 254 g/mol. The summed E-state index contributed by atoms with van der Waals surface area (Å²) in [6.45, 7) is 2.01. The molecule has 0 aliphatic rings. The molecule has 0 saturated heterocycles. The van der Waals surface area contributed by atoms with Crippen LogP contribution in [-0.2, 0) is 16.0 Å². The first kappa shape index (κ1) is 13.6. The Kier molecular flexibility index (Phi) is 5.03. The summed E-state index contributed by atoms with van der Waals surface area (Å²) in [4.78, 5) is 23.2. The lowest BCUT2D eigenvalue weighted by atomic mass is 10.0. The van der Waals surface area contributed by atoms with E-state index in [4.69, 9.17) is 5.11 Å². The second-order valence-corrected chi connectivity index (χ2v) is 4.65. The van der Waals surface area contributed by atoms with Gasteiger partial charge in [-0.1, -0.05) is 13.0 Å². The van der Waals surface area contributed by atoms with Gasteiger partial charge in [0.2, 0.25) is 0 Å². The molecule has 0 fully saturated rings. The third kappa shape index (κ3) is 3.78. The fraction of sp³-hybridized carbons (Fsp3) is 0.333. The zero-order valence-corrected chi connectivity index (χ0v) is 10.5. The average molecular weight is 254 g/mol. The zero-order chi connectivity index (χ0) is 12.8. The molecule has 92 valence electrons. The Morgan fingerprint density at radius 2 is 2.12 bits per heavy atom. The van der Waals surface area contributed by atoms with E-state index in [2.05, 4.69) is 4.74 Å². The fourth-order valence-electron chi connectivity index (χ4n) is 1.43. The molecule has 0 heterocycles. The maximum atomic E-state index is 11.5. The molecule has 0 aliphatic heterocycles. The Morgan fingerprint density at radius 3 is 2.65 bits per heavy atom. The van der Waals surface area contributed by atoms with Gasteiger partial charge in [0.1, 0.15) is 0 Å². The van der Waals surface area contributed by atoms with Gasteiger partial charge in [-0.2, -0.15) is 0 Å². The minimum absolute atomic E-state index is 0.179. The Balaban J connectivity index is 3.11. The molecule has 0 spiro atoms. The van der Waals surface area contributed by atoms with Gasteiger partial charge in [0.15, 0.2) is 0 Å². The molecule has 0 aliphatic carbocycles. The Morgan fingerprint density at radius 1 is 1.41 bits per heavy atom. The van der Waals surface area contributed by atoms with Crippen LogP contribution in [0.15, 0.2) is 23.1 Å². The van der Waals surface area contributed by atoms with Gasteiger partial charge in [0, 0.05) is 4.90 Å². The first-order chi connectivity index (χ1) is 8.08. The first-order valence-corrected chi connectivity index (χ1v) is 6.12. The Labute approximate surface area is 104 Å². The van der Waals surface area contributed by atoms with Crippen molar-refractivity contribution in [1.82, 2.24) is 0 Å². The maximum absolute atomic E-state index is 11.5. The lowest BCUT2D eigenvalue weighted by molar-refractivity contribution is -0.136. The van der Waals surface area contributed by atoms with E-state index in [1.54, 1.807) is 23.9 Å². The number of aliphatic carboxylic acids is 1. The average Bonchev–Trinajstić information content (AvgIpc) is 2.30. The number of hydrogen-bond acceptors (Lipinski definition) is 4. The number of carboxylic acid groups (broad SMARTS) is 1. The van der Waals surface area contributed by atoms with Gasteiger partial charge < -0.3 is 9.84 Å². The number of carbonyl (C=O) groups excluding carboxylic acids is 1. The van der Waals surface area contributed by atoms with Gasteiger partial charge in [0.05, 0.1) is 19.1 Å². The van der Waals surface area contributed by atoms with E-state index in [9.17, 15) is 9.59 Å². The second-order valence-electron chi connectivity index (χ2n) is 3.31. The van der Waals surface area contributed by atoms with Crippen molar-refractivity contribution >= 4 is 23.7 Å². The van der Waals surface area contributed by atoms with Crippen molar-refractivity contribution in [3.05, 3.63) is 29.3 Å². The van der Waals surface area contributed by atoms with Crippen LogP contribution in [0.1, 0.15) is 22.8 Å². The molecule has 1 aromatic rings. The molecular weight excluding hydrogens is 240 g/mol. The minimum atomic E-state index is -0.967. The van der Waals surface area contributed by atoms with E-state index in [0.29, 0.717) is 11.1 Å². The van der Waals surface area contributed by atoms with Crippen molar-refractivity contribution in [3.63, 3.8) is 0 Å². The third-order valence-electron chi connectivity index (χ3n) is 2.14. The minimum Gasteiger partial charge on any atom is -0.481 e. The molecule has 1 N–H and O–H groups in total. The van der Waals surface area contributed by atoms with Gasteiger partial charge in [-0.15, -0.1) is 11.8 Å². The van der Waals surface area contributed by atoms with Gasteiger partial charge in [0.25, 0.3) is 0 Å². The molecule has 0 amide bonds. The molecule has 1 rings (SSSR count). The zero-order valence-electron chi connectivity index (χ0n) is 9.73. The number of thioether (sulfide) groups is 1. The number of benzene rings is 1. The highest BCUT2D eigenvalue weighted by atomic mass is 32.2. The standard InChI is InChI=1S/C12H14O4S/c1-3-17-9-5-4-8(6-11(13)14)10(7-9)12(15)16-2/h4-5,7H,3,6H2,1-2H3,(H,13,14). The summed E-state index contributed by atoms with van der Waals surface area (Å²) in [5, 5.41) is 8.76. The van der Waals surface area contributed by atoms with Crippen LogP contribution in [0.4, 0.5) is 0 Å². The molecule has 0 atom stereocenters. The number of methoxy groups -OCH3 is 1. The Bertz CT molecular complexity index is 429. The molecule has 0 unspecified atom stereocenters. The number of rotatable bonds is 5. The Hall–Kier alpha value is -1.49. The molecule has 4 nitrogen and oxygen atoms in total. The van der Waals surface area contributed by atoms with Crippen LogP contribution in [0.5, 0.6) is 0 Å². The number of ether oxygens (including phenoxy) is 1. The van der Waals surface area contributed by atoms with Crippen LogP contribution in [-0.4, -0.2) is 29.9 Å². The lowest BCUT2D eigenvalue weighted by Gasteiger charge is -2.08. The van der Waals surface area contributed by atoms with Crippen LogP contribution >= 0.6 is 11.8 Å². The molecule has 0 saturated carbocycles. The van der Waals surface area contributed by atoms with Crippen LogP contribution in [0.2, 0.25) is 0 Å². The normalized spacial score (nSPS) is 10.0. The quantitative estimate of drug-likeness (QED) is 0.644. The summed E-state index contributed by atoms with van der Waals surface area (Å²) < 4.78 is 4.65. The van der Waals surface area contributed by atoms with E-state index in [-0.39, 0.29) is 6.42 Å². The first-order valence-electron chi connectivity index (χ1n) is 5.14. The maximum Gasteiger partial charge on any atom is 0.338 e. The largest absolute Gasteiger partial charge is 0.481 e. The van der Waals surface area contributed by atoms with Gasteiger partial charge >= 0.3 is 11.9 Å². The smallest absolute Gasteiger partial charge is 0.338 e. The molecule has 0 aromatic heterocycles. The molecular formula is C12H14O4S. The van der Waals surface area contributed by atoms with Crippen LogP contribution in [0.3, 0.4) is 0 Å². The summed E-state index contributed by atoms with van der Waals surface area (Å²) in [6.07, 6.45) is -0.179. The lowest BCUT2D eigenvalue weighted by Crippen LogP contribution is -2.09. The topological polar surface area (TPSA) is 63.6 Å². The molecule has 5 heteroatoms. The summed E-state index contributed by atoms with van der Waals surface area (Å²) in [6, 6.07) is 5.16.